The van der Waals surface area contributed by atoms with Gasteiger partial charge in [0.25, 0.3) is 0 Å². The molecule has 1 aromatic carbocycles. The van der Waals surface area contributed by atoms with Crippen molar-refractivity contribution in [3.63, 3.8) is 0 Å². The second kappa shape index (κ2) is 8.32. The number of nitrogens with one attached hydrogen (secondary N) is 1. The Balaban J connectivity index is 1.91. The summed E-state index contributed by atoms with van der Waals surface area (Å²) in [6, 6.07) is 10.6. The fraction of sp³-hybridized carbons (Fsp3) is 0.286. The number of aromatic nitrogens is 2. The number of hydrogen-bond donors (Lipinski definition) is 1. The van der Waals surface area contributed by atoms with Crippen LogP contribution in [0.3, 0.4) is 0 Å². The van der Waals surface area contributed by atoms with Crippen molar-refractivity contribution in [2.75, 3.05) is 11.1 Å². The third-order valence-corrected chi connectivity index (χ3v) is 4.85. The molecule has 0 unspecified atom stereocenters. The van der Waals surface area contributed by atoms with Crippen LogP contribution in [0.15, 0.2) is 28.6 Å². The van der Waals surface area contributed by atoms with Crippen LogP contribution in [0.4, 0.5) is 15.2 Å². The first kappa shape index (κ1) is 16.2. The van der Waals surface area contributed by atoms with Crippen LogP contribution < -0.4 is 5.32 Å². The van der Waals surface area contributed by atoms with Crippen molar-refractivity contribution in [2.45, 2.75) is 17.2 Å². The molecule has 0 fully saturated rings. The molecule has 0 spiro atoms. The van der Waals surface area contributed by atoms with Gasteiger partial charge in [0.15, 0.2) is 4.34 Å². The molecule has 0 amide bonds. The zero-order valence-corrected chi connectivity index (χ0v) is 13.1. The smallest absolute Gasteiger partial charge is 0.210 e. The first-order valence-corrected chi connectivity index (χ1v) is 8.27. The maximum atomic E-state index is 13.5. The van der Waals surface area contributed by atoms with Crippen LogP contribution in [0.25, 0.3) is 0 Å². The predicted octanol–water partition coefficient (Wildman–Crippen LogP) is 3.96. The van der Waals surface area contributed by atoms with E-state index in [4.69, 9.17) is 10.5 Å². The van der Waals surface area contributed by atoms with E-state index in [1.165, 1.54) is 29.2 Å². The second-order valence-corrected chi connectivity index (χ2v) is 6.56. The Morgan fingerprint density at radius 1 is 1.32 bits per heavy atom. The van der Waals surface area contributed by atoms with Gasteiger partial charge >= 0.3 is 0 Å². The molecular formula is C14H12FN5S2. The Hall–Kier alpha value is -2.16. The largest absolute Gasteiger partial charge is 0.328 e. The fourth-order valence-corrected chi connectivity index (χ4v) is 3.44. The van der Waals surface area contributed by atoms with Crippen LogP contribution in [-0.4, -0.2) is 16.0 Å². The minimum atomic E-state index is -0.354. The monoisotopic (exact) mass is 333 g/mol. The van der Waals surface area contributed by atoms with E-state index in [-0.39, 0.29) is 11.7 Å². The highest BCUT2D eigenvalue weighted by molar-refractivity contribution is 8.01. The second-order valence-electron chi connectivity index (χ2n) is 4.31. The maximum Gasteiger partial charge on any atom is 0.210 e. The first-order chi connectivity index (χ1) is 10.7. The standard InChI is InChI=1S/C14H12FN5S2/c15-11-5-1-2-6-12(11)18-13-19-20-14(22-13)21-9-10(8-17)4-3-7-16/h1-2,5-6,10H,3-4,9H2,(H,18,19)/t10-/m0/s1. The highest BCUT2D eigenvalue weighted by Gasteiger charge is 2.11. The number of anilines is 2. The highest BCUT2D eigenvalue weighted by atomic mass is 32.2. The topological polar surface area (TPSA) is 85.4 Å². The molecule has 0 radical (unpaired) electrons. The summed E-state index contributed by atoms with van der Waals surface area (Å²) >= 11 is 2.72. The zero-order chi connectivity index (χ0) is 15.8. The molecule has 22 heavy (non-hydrogen) atoms. The highest BCUT2D eigenvalue weighted by Crippen LogP contribution is 2.30. The Morgan fingerprint density at radius 2 is 2.14 bits per heavy atom. The molecule has 0 aliphatic rings. The third kappa shape index (κ3) is 4.69. The van der Waals surface area contributed by atoms with Crippen LogP contribution in [0.2, 0.25) is 0 Å². The molecule has 0 bridgehead atoms. The van der Waals surface area contributed by atoms with Gasteiger partial charge in [-0.3, -0.25) is 0 Å². The number of thioether (sulfide) groups is 1. The summed E-state index contributed by atoms with van der Waals surface area (Å²) in [7, 11) is 0. The van der Waals surface area contributed by atoms with E-state index < -0.39 is 0 Å². The van der Waals surface area contributed by atoms with E-state index >= 15 is 0 Å². The average Bonchev–Trinajstić information content (AvgIpc) is 2.97. The molecule has 1 aromatic heterocycles. The lowest BCUT2D eigenvalue weighted by Crippen LogP contribution is -1.99. The number of benzene rings is 1. The lowest BCUT2D eigenvalue weighted by Gasteiger charge is -2.03. The maximum absolute atomic E-state index is 13.5. The van der Waals surface area contributed by atoms with Gasteiger partial charge in [0.05, 0.1) is 23.7 Å². The molecule has 5 nitrogen and oxygen atoms in total. The van der Waals surface area contributed by atoms with E-state index in [1.54, 1.807) is 18.2 Å². The molecule has 0 aliphatic heterocycles. The van der Waals surface area contributed by atoms with Gasteiger partial charge in [0, 0.05) is 12.2 Å². The van der Waals surface area contributed by atoms with Crippen LogP contribution in [-0.2, 0) is 0 Å². The van der Waals surface area contributed by atoms with E-state index in [9.17, 15) is 4.39 Å². The van der Waals surface area contributed by atoms with Crippen molar-refractivity contribution in [3.05, 3.63) is 30.1 Å². The van der Waals surface area contributed by atoms with E-state index in [1.807, 2.05) is 6.07 Å². The average molecular weight is 333 g/mol. The Morgan fingerprint density at radius 3 is 2.86 bits per heavy atom. The van der Waals surface area contributed by atoms with Gasteiger partial charge in [-0.15, -0.1) is 10.2 Å². The molecule has 1 N–H and O–H groups in total. The molecule has 0 aliphatic carbocycles. The Bertz CT molecular complexity index is 704. The summed E-state index contributed by atoms with van der Waals surface area (Å²) in [6.45, 7) is 0. The molecule has 8 heteroatoms. The minimum Gasteiger partial charge on any atom is -0.328 e. The number of para-hydroxylation sites is 1. The number of halogens is 1. The summed E-state index contributed by atoms with van der Waals surface area (Å²) in [5.74, 6) is 0.0245. The molecule has 0 saturated heterocycles. The Labute approximate surface area is 135 Å². The molecule has 2 aromatic rings. The summed E-state index contributed by atoms with van der Waals surface area (Å²) in [5.41, 5.74) is 0.346. The lowest BCUT2D eigenvalue weighted by atomic mass is 10.1. The van der Waals surface area contributed by atoms with Gasteiger partial charge in [0.1, 0.15) is 5.82 Å². The fourth-order valence-electron chi connectivity index (χ4n) is 1.59. The van der Waals surface area contributed by atoms with Crippen LogP contribution in [0.5, 0.6) is 0 Å². The quantitative estimate of drug-likeness (QED) is 0.772. The number of nitriles is 2. The molecule has 112 valence electrons. The predicted molar refractivity (Wildman–Crippen MR) is 84.3 cm³/mol. The number of rotatable bonds is 7. The lowest BCUT2D eigenvalue weighted by molar-refractivity contribution is 0.632. The van der Waals surface area contributed by atoms with Crippen LogP contribution in [0, 0.1) is 34.4 Å². The molecule has 1 atom stereocenters. The SMILES string of the molecule is N#CCC[C@@H](C#N)CSc1nnc(Nc2ccccc2F)s1. The van der Waals surface area contributed by atoms with E-state index in [2.05, 4.69) is 21.6 Å². The molecular weight excluding hydrogens is 321 g/mol. The summed E-state index contributed by atoms with van der Waals surface area (Å²) < 4.78 is 14.2. The van der Waals surface area contributed by atoms with Crippen molar-refractivity contribution >= 4 is 33.9 Å². The van der Waals surface area contributed by atoms with Crippen molar-refractivity contribution in [1.29, 1.82) is 10.5 Å². The van der Waals surface area contributed by atoms with Gasteiger partial charge in [-0.25, -0.2) is 4.39 Å². The minimum absolute atomic E-state index is 0.184. The Kier molecular flexibility index (Phi) is 6.13. The normalized spacial score (nSPS) is 11.4. The molecule has 0 saturated carbocycles. The van der Waals surface area contributed by atoms with Crippen molar-refractivity contribution in [3.8, 4) is 12.1 Å². The van der Waals surface area contributed by atoms with Crippen LogP contribution >= 0.6 is 23.1 Å². The number of hydrogen-bond acceptors (Lipinski definition) is 7. The first-order valence-electron chi connectivity index (χ1n) is 6.47. The summed E-state index contributed by atoms with van der Waals surface area (Å²) in [4.78, 5) is 0. The van der Waals surface area contributed by atoms with Crippen molar-refractivity contribution < 1.29 is 4.39 Å². The molecule has 1 heterocycles. The van der Waals surface area contributed by atoms with Gasteiger partial charge < -0.3 is 5.32 Å². The third-order valence-electron chi connectivity index (χ3n) is 2.72. The zero-order valence-electron chi connectivity index (χ0n) is 11.5. The van der Waals surface area contributed by atoms with Crippen molar-refractivity contribution in [2.24, 2.45) is 5.92 Å². The summed E-state index contributed by atoms with van der Waals surface area (Å²) in [5, 5.41) is 28.9. The van der Waals surface area contributed by atoms with Gasteiger partial charge in [-0.2, -0.15) is 10.5 Å². The van der Waals surface area contributed by atoms with E-state index in [0.717, 1.165) is 0 Å². The van der Waals surface area contributed by atoms with Gasteiger partial charge in [-0.05, 0) is 18.6 Å². The number of nitrogens with zero attached hydrogens (tertiary/aromatic N) is 4. The van der Waals surface area contributed by atoms with Gasteiger partial charge in [-0.1, -0.05) is 35.2 Å². The molecule has 2 rings (SSSR count). The van der Waals surface area contributed by atoms with Gasteiger partial charge in [0.2, 0.25) is 5.13 Å². The van der Waals surface area contributed by atoms with E-state index in [0.29, 0.717) is 33.8 Å². The summed E-state index contributed by atoms with van der Waals surface area (Å²) in [6.07, 6.45) is 0.925. The van der Waals surface area contributed by atoms with Crippen molar-refractivity contribution in [1.82, 2.24) is 10.2 Å². The van der Waals surface area contributed by atoms with Crippen LogP contribution in [0.1, 0.15) is 12.8 Å².